The highest BCUT2D eigenvalue weighted by molar-refractivity contribution is 5.80. The first-order chi connectivity index (χ1) is 8.76. The van der Waals surface area contributed by atoms with Crippen molar-refractivity contribution in [2.24, 2.45) is 5.73 Å². The second kappa shape index (κ2) is 8.12. The van der Waals surface area contributed by atoms with Gasteiger partial charge in [-0.3, -0.25) is 14.9 Å². The Morgan fingerprint density at radius 1 is 1.37 bits per heavy atom. The zero-order valence-corrected chi connectivity index (χ0v) is 12.6. The molecule has 19 heavy (non-hydrogen) atoms. The number of nitrogens with one attached hydrogen (secondary N) is 2. The van der Waals surface area contributed by atoms with Crippen LogP contribution in [0.25, 0.3) is 0 Å². The minimum Gasteiger partial charge on any atom is -0.468 e. The van der Waals surface area contributed by atoms with E-state index < -0.39 is 5.54 Å². The van der Waals surface area contributed by atoms with E-state index in [9.17, 15) is 9.59 Å². The lowest BCUT2D eigenvalue weighted by molar-refractivity contribution is -0.148. The quantitative estimate of drug-likeness (QED) is 0.520. The summed E-state index contributed by atoms with van der Waals surface area (Å²) in [5.74, 6) is -0.666. The van der Waals surface area contributed by atoms with Gasteiger partial charge in [0.2, 0.25) is 5.91 Å². The molecule has 2 atom stereocenters. The van der Waals surface area contributed by atoms with Crippen molar-refractivity contribution >= 4 is 11.9 Å². The number of esters is 1. The minimum atomic E-state index is -0.737. The number of hydrogen-bond acceptors (Lipinski definition) is 5. The Morgan fingerprint density at radius 3 is 2.32 bits per heavy atom. The lowest BCUT2D eigenvalue weighted by atomic mass is 9.92. The van der Waals surface area contributed by atoms with E-state index in [1.807, 2.05) is 20.8 Å². The lowest BCUT2D eigenvalue weighted by Gasteiger charge is -2.30. The third kappa shape index (κ3) is 6.02. The molecular formula is C13H27N3O3. The third-order valence-electron chi connectivity index (χ3n) is 3.10. The fraction of sp³-hybridized carbons (Fsp3) is 0.846. The zero-order valence-electron chi connectivity index (χ0n) is 12.6. The smallest absolute Gasteiger partial charge is 0.325 e. The van der Waals surface area contributed by atoms with E-state index in [0.717, 1.165) is 0 Å². The molecule has 2 unspecified atom stereocenters. The van der Waals surface area contributed by atoms with Gasteiger partial charge in [-0.2, -0.15) is 0 Å². The number of carbonyl (C=O) groups excluding carboxylic acids is 2. The van der Waals surface area contributed by atoms with Crippen LogP contribution in [0.4, 0.5) is 0 Å². The molecule has 0 spiro atoms. The van der Waals surface area contributed by atoms with Gasteiger partial charge in [0, 0.05) is 6.04 Å². The van der Waals surface area contributed by atoms with Crippen molar-refractivity contribution < 1.29 is 14.3 Å². The monoisotopic (exact) mass is 273 g/mol. The molecule has 0 radical (unpaired) electrons. The summed E-state index contributed by atoms with van der Waals surface area (Å²) in [5, 5.41) is 6.08. The lowest BCUT2D eigenvalue weighted by Crippen LogP contribution is -2.53. The third-order valence-corrected chi connectivity index (χ3v) is 3.10. The van der Waals surface area contributed by atoms with E-state index in [0.29, 0.717) is 19.3 Å². The van der Waals surface area contributed by atoms with E-state index in [2.05, 4.69) is 10.6 Å². The van der Waals surface area contributed by atoms with Crippen LogP contribution in [-0.4, -0.2) is 43.7 Å². The summed E-state index contributed by atoms with van der Waals surface area (Å²) in [4.78, 5) is 23.0. The molecule has 0 heterocycles. The number of rotatable bonds is 9. The van der Waals surface area contributed by atoms with Crippen molar-refractivity contribution in [3.8, 4) is 0 Å². The summed E-state index contributed by atoms with van der Waals surface area (Å²) in [7, 11) is 3.07. The number of primary amides is 1. The summed E-state index contributed by atoms with van der Waals surface area (Å²) >= 11 is 0. The van der Waals surface area contributed by atoms with E-state index in [1.54, 1.807) is 7.05 Å². The van der Waals surface area contributed by atoms with Gasteiger partial charge in [0.15, 0.2) is 0 Å². The molecule has 0 aromatic heterocycles. The van der Waals surface area contributed by atoms with Gasteiger partial charge in [-0.05, 0) is 47.1 Å². The van der Waals surface area contributed by atoms with Gasteiger partial charge < -0.3 is 15.8 Å². The van der Waals surface area contributed by atoms with Gasteiger partial charge in [0.1, 0.15) is 5.54 Å². The van der Waals surface area contributed by atoms with Crippen molar-refractivity contribution in [1.82, 2.24) is 10.6 Å². The first kappa shape index (κ1) is 17.9. The molecule has 0 aromatic rings. The summed E-state index contributed by atoms with van der Waals surface area (Å²) < 4.78 is 4.84. The maximum atomic E-state index is 11.9. The first-order valence-corrected chi connectivity index (χ1v) is 6.59. The zero-order chi connectivity index (χ0) is 15.1. The molecule has 6 nitrogen and oxygen atoms in total. The number of methoxy groups -OCH3 is 1. The molecule has 112 valence electrons. The van der Waals surface area contributed by atoms with E-state index >= 15 is 0 Å². The van der Waals surface area contributed by atoms with Crippen LogP contribution in [0.15, 0.2) is 0 Å². The maximum Gasteiger partial charge on any atom is 0.325 e. The SMILES string of the molecule is CNC(CCCC(C)(NC(C)C)C(=O)OC)C(N)=O. The first-order valence-electron chi connectivity index (χ1n) is 6.59. The summed E-state index contributed by atoms with van der Waals surface area (Å²) in [5.41, 5.74) is 4.52. The Morgan fingerprint density at radius 2 is 1.95 bits per heavy atom. The predicted octanol–water partition coefficient (Wildman–Crippen LogP) is 0.160. The van der Waals surface area contributed by atoms with Gasteiger partial charge in [-0.15, -0.1) is 0 Å². The molecule has 0 aliphatic heterocycles. The second-order valence-electron chi connectivity index (χ2n) is 5.26. The molecular weight excluding hydrogens is 246 g/mol. The average molecular weight is 273 g/mol. The number of hydrogen-bond donors (Lipinski definition) is 3. The number of nitrogens with two attached hydrogens (primary N) is 1. The molecule has 0 bridgehead atoms. The minimum absolute atomic E-state index is 0.167. The summed E-state index contributed by atoms with van der Waals surface area (Å²) in [6.45, 7) is 5.76. The molecule has 0 rings (SSSR count). The van der Waals surface area contributed by atoms with Crippen molar-refractivity contribution in [3.05, 3.63) is 0 Å². The molecule has 0 saturated heterocycles. The highest BCUT2D eigenvalue weighted by atomic mass is 16.5. The number of amides is 1. The van der Waals surface area contributed by atoms with Crippen LogP contribution >= 0.6 is 0 Å². The molecule has 0 aliphatic carbocycles. The molecule has 0 fully saturated rings. The standard InChI is InChI=1S/C13H27N3O3/c1-9(2)16-13(3,12(18)19-5)8-6-7-10(15-4)11(14)17/h9-10,15-16H,6-8H2,1-5H3,(H2,14,17). The average Bonchev–Trinajstić information content (AvgIpc) is 2.32. The van der Waals surface area contributed by atoms with Crippen LogP contribution in [-0.2, 0) is 14.3 Å². The molecule has 0 aliphatic rings. The van der Waals surface area contributed by atoms with Gasteiger partial charge in [0.05, 0.1) is 13.2 Å². The Bertz CT molecular complexity index is 308. The number of carbonyl (C=O) groups is 2. The molecule has 6 heteroatoms. The van der Waals surface area contributed by atoms with Crippen molar-refractivity contribution in [3.63, 3.8) is 0 Å². The van der Waals surface area contributed by atoms with Crippen LogP contribution in [0.3, 0.4) is 0 Å². The van der Waals surface area contributed by atoms with Crippen LogP contribution in [0.1, 0.15) is 40.0 Å². The highest BCUT2D eigenvalue weighted by Gasteiger charge is 2.34. The van der Waals surface area contributed by atoms with Crippen molar-refractivity contribution in [1.29, 1.82) is 0 Å². The van der Waals surface area contributed by atoms with Crippen molar-refractivity contribution in [2.45, 2.75) is 57.7 Å². The van der Waals surface area contributed by atoms with Gasteiger partial charge in [0.25, 0.3) is 0 Å². The Kier molecular flexibility index (Phi) is 7.63. The van der Waals surface area contributed by atoms with Gasteiger partial charge in [-0.25, -0.2) is 0 Å². The van der Waals surface area contributed by atoms with Crippen LogP contribution < -0.4 is 16.4 Å². The predicted molar refractivity (Wildman–Crippen MR) is 74.6 cm³/mol. The number of likely N-dealkylation sites (N-methyl/N-ethyl adjacent to an activating group) is 1. The second-order valence-corrected chi connectivity index (χ2v) is 5.26. The van der Waals surface area contributed by atoms with E-state index in [4.69, 9.17) is 10.5 Å². The van der Waals surface area contributed by atoms with Gasteiger partial charge in [-0.1, -0.05) is 0 Å². The molecule has 1 amide bonds. The van der Waals surface area contributed by atoms with Crippen LogP contribution in [0.2, 0.25) is 0 Å². The van der Waals surface area contributed by atoms with Crippen LogP contribution in [0.5, 0.6) is 0 Å². The topological polar surface area (TPSA) is 93.4 Å². The molecule has 4 N–H and O–H groups in total. The Balaban J connectivity index is 4.50. The molecule has 0 saturated carbocycles. The Labute approximate surface area is 115 Å². The fourth-order valence-electron chi connectivity index (χ4n) is 2.18. The Hall–Kier alpha value is -1.14. The highest BCUT2D eigenvalue weighted by Crippen LogP contribution is 2.17. The molecule has 0 aromatic carbocycles. The summed E-state index contributed by atoms with van der Waals surface area (Å²) in [6, 6.07) is -0.193. The van der Waals surface area contributed by atoms with E-state index in [-0.39, 0.29) is 24.0 Å². The van der Waals surface area contributed by atoms with Crippen LogP contribution in [0, 0.1) is 0 Å². The van der Waals surface area contributed by atoms with Gasteiger partial charge >= 0.3 is 5.97 Å². The van der Waals surface area contributed by atoms with E-state index in [1.165, 1.54) is 7.11 Å². The maximum absolute atomic E-state index is 11.9. The summed E-state index contributed by atoms with van der Waals surface area (Å²) in [6.07, 6.45) is 1.88. The number of ether oxygens (including phenoxy) is 1. The normalized spacial score (nSPS) is 15.9. The largest absolute Gasteiger partial charge is 0.468 e. The van der Waals surface area contributed by atoms with Crippen molar-refractivity contribution in [2.75, 3.05) is 14.2 Å². The fourth-order valence-corrected chi connectivity index (χ4v) is 2.18.